The molecule has 2 heterocycles. The highest BCUT2D eigenvalue weighted by molar-refractivity contribution is 7.80. The molecule has 1 fully saturated rings. The number of hydrogen-bond acceptors (Lipinski definition) is 5. The molecule has 0 spiro atoms. The number of benzene rings is 2. The van der Waals surface area contributed by atoms with Crippen LogP contribution in [0, 0.1) is 0 Å². The molecule has 1 aliphatic rings. The summed E-state index contributed by atoms with van der Waals surface area (Å²) in [6, 6.07) is 17.2. The molecule has 0 radical (unpaired) electrons. The van der Waals surface area contributed by atoms with E-state index < -0.39 is 0 Å². The Kier molecular flexibility index (Phi) is 7.72. The summed E-state index contributed by atoms with van der Waals surface area (Å²) < 4.78 is 5.99. The fourth-order valence-electron chi connectivity index (χ4n) is 3.88. The average Bonchev–Trinajstić information content (AvgIpc) is 3.23. The van der Waals surface area contributed by atoms with Crippen molar-refractivity contribution < 1.29 is 0 Å². The molecule has 0 atom stereocenters. The fraction of sp³-hybridized carbons (Fsp3) is 0.417. The maximum absolute atomic E-state index is 5.35. The number of hydrogen-bond donors (Lipinski definition) is 2. The number of nitrogens with zero attached hydrogens (tertiary/aromatic N) is 3. The number of nitrogens with one attached hydrogen (secondary N) is 2. The van der Waals surface area contributed by atoms with Crippen molar-refractivity contribution >= 4 is 50.5 Å². The van der Waals surface area contributed by atoms with Crippen molar-refractivity contribution in [2.75, 3.05) is 49.5 Å². The first-order valence-electron chi connectivity index (χ1n) is 11.2. The number of anilines is 2. The van der Waals surface area contributed by atoms with E-state index in [1.54, 1.807) is 11.5 Å². The zero-order valence-electron chi connectivity index (χ0n) is 18.1. The van der Waals surface area contributed by atoms with E-state index in [2.05, 4.69) is 75.9 Å². The third-order valence-electron chi connectivity index (χ3n) is 5.77. The second kappa shape index (κ2) is 10.9. The molecule has 0 amide bonds. The molecule has 164 valence electrons. The number of aromatic nitrogens is 1. The minimum atomic E-state index is 0.701. The molecule has 0 unspecified atom stereocenters. The van der Waals surface area contributed by atoms with E-state index in [1.807, 2.05) is 0 Å². The van der Waals surface area contributed by atoms with Crippen LogP contribution in [0.3, 0.4) is 0 Å². The smallest absolute Gasteiger partial charge is 0.170 e. The van der Waals surface area contributed by atoms with Crippen molar-refractivity contribution in [3.8, 4) is 0 Å². The van der Waals surface area contributed by atoms with Gasteiger partial charge in [0, 0.05) is 50.3 Å². The fourth-order valence-corrected chi connectivity index (χ4v) is 4.90. The summed E-state index contributed by atoms with van der Waals surface area (Å²) in [4.78, 5) is 5.00. The zero-order chi connectivity index (χ0) is 21.5. The maximum atomic E-state index is 5.35. The second-order valence-electron chi connectivity index (χ2n) is 8.01. The van der Waals surface area contributed by atoms with E-state index in [4.69, 9.17) is 16.6 Å². The number of fused-ring (bicyclic) bond motifs is 1. The van der Waals surface area contributed by atoms with Gasteiger partial charge >= 0.3 is 0 Å². The van der Waals surface area contributed by atoms with Gasteiger partial charge in [-0.15, -0.1) is 0 Å². The molecular weight excluding hydrogens is 422 g/mol. The summed E-state index contributed by atoms with van der Waals surface area (Å²) in [6.07, 6.45) is 3.37. The van der Waals surface area contributed by atoms with Crippen LogP contribution in [0.5, 0.6) is 0 Å². The lowest BCUT2D eigenvalue weighted by Gasteiger charge is -2.35. The summed E-state index contributed by atoms with van der Waals surface area (Å²) in [6.45, 7) is 8.45. The minimum absolute atomic E-state index is 0.701. The van der Waals surface area contributed by atoms with E-state index in [1.165, 1.54) is 22.1 Å². The Labute approximate surface area is 194 Å². The van der Waals surface area contributed by atoms with E-state index in [0.29, 0.717) is 5.11 Å². The summed E-state index contributed by atoms with van der Waals surface area (Å²) in [5.41, 5.74) is 2.41. The van der Waals surface area contributed by atoms with Crippen LogP contribution in [-0.2, 0) is 6.42 Å². The number of rotatable bonds is 8. The summed E-state index contributed by atoms with van der Waals surface area (Å²) in [7, 11) is 0. The van der Waals surface area contributed by atoms with E-state index in [-0.39, 0.29) is 0 Å². The first kappa shape index (κ1) is 22.0. The number of piperazine rings is 1. The molecule has 7 heteroatoms. The van der Waals surface area contributed by atoms with Gasteiger partial charge in [0.15, 0.2) is 5.11 Å². The van der Waals surface area contributed by atoms with E-state index in [9.17, 15) is 0 Å². The Hall–Kier alpha value is -2.22. The van der Waals surface area contributed by atoms with Crippen molar-refractivity contribution in [3.05, 3.63) is 54.1 Å². The molecule has 0 saturated carbocycles. The molecule has 3 aromatic rings. The molecule has 31 heavy (non-hydrogen) atoms. The van der Waals surface area contributed by atoms with E-state index in [0.717, 1.165) is 63.6 Å². The summed E-state index contributed by atoms with van der Waals surface area (Å²) in [5.74, 6) is 1.16. The Morgan fingerprint density at radius 2 is 1.84 bits per heavy atom. The van der Waals surface area contributed by atoms with Crippen molar-refractivity contribution in [1.29, 1.82) is 0 Å². The monoisotopic (exact) mass is 453 g/mol. The summed E-state index contributed by atoms with van der Waals surface area (Å²) in [5, 5.41) is 8.50. The molecule has 0 bridgehead atoms. The lowest BCUT2D eigenvalue weighted by Crippen LogP contribution is -2.47. The van der Waals surface area contributed by atoms with Gasteiger partial charge in [-0.25, -0.2) is 0 Å². The Bertz CT molecular complexity index is 977. The van der Waals surface area contributed by atoms with Crippen molar-refractivity contribution in [2.45, 2.75) is 26.2 Å². The van der Waals surface area contributed by atoms with Crippen LogP contribution in [-0.4, -0.2) is 53.7 Å². The molecule has 1 aromatic heterocycles. The molecule has 2 N–H and O–H groups in total. The van der Waals surface area contributed by atoms with Crippen molar-refractivity contribution in [1.82, 2.24) is 14.6 Å². The standard InChI is InChI=1S/C24H31N5S2/c1-2-3-13-25-24(30)26-20-10-8-19(9-11-20)12-14-28-15-17-29(18-16-28)23-21-6-4-5-7-22(21)31-27-23/h4-11H,2-3,12-18H2,1H3,(H2,25,26,30). The quantitative estimate of drug-likeness (QED) is 0.379. The molecule has 4 rings (SSSR count). The van der Waals surface area contributed by atoms with Crippen LogP contribution in [0.25, 0.3) is 10.1 Å². The third-order valence-corrected chi connectivity index (χ3v) is 6.84. The van der Waals surface area contributed by atoms with Crippen LogP contribution in [0.1, 0.15) is 25.3 Å². The van der Waals surface area contributed by atoms with Gasteiger partial charge in [-0.3, -0.25) is 4.90 Å². The van der Waals surface area contributed by atoms with Crippen LogP contribution in [0.2, 0.25) is 0 Å². The first-order valence-corrected chi connectivity index (χ1v) is 12.4. The van der Waals surface area contributed by atoms with Gasteiger partial charge in [-0.1, -0.05) is 37.6 Å². The molecule has 1 saturated heterocycles. The van der Waals surface area contributed by atoms with Crippen LogP contribution < -0.4 is 15.5 Å². The van der Waals surface area contributed by atoms with E-state index >= 15 is 0 Å². The highest BCUT2D eigenvalue weighted by atomic mass is 32.1. The van der Waals surface area contributed by atoms with Gasteiger partial charge < -0.3 is 15.5 Å². The Morgan fingerprint density at radius 1 is 1.06 bits per heavy atom. The van der Waals surface area contributed by atoms with Crippen LogP contribution >= 0.6 is 23.8 Å². The van der Waals surface area contributed by atoms with Gasteiger partial charge in [0.25, 0.3) is 0 Å². The van der Waals surface area contributed by atoms with Gasteiger partial charge in [0.05, 0.1) is 4.70 Å². The molecule has 0 aliphatic carbocycles. The number of unbranched alkanes of at least 4 members (excludes halogenated alkanes) is 1. The van der Waals surface area contributed by atoms with Gasteiger partial charge in [0.1, 0.15) is 5.82 Å². The molecule has 5 nitrogen and oxygen atoms in total. The van der Waals surface area contributed by atoms with Gasteiger partial charge in [0.2, 0.25) is 0 Å². The largest absolute Gasteiger partial charge is 0.362 e. The lowest BCUT2D eigenvalue weighted by atomic mass is 10.1. The minimum Gasteiger partial charge on any atom is -0.362 e. The SMILES string of the molecule is CCCCNC(=S)Nc1ccc(CCN2CCN(c3nsc4ccccc34)CC2)cc1. The average molecular weight is 454 g/mol. The topological polar surface area (TPSA) is 43.4 Å². The Balaban J connectivity index is 1.21. The highest BCUT2D eigenvalue weighted by Crippen LogP contribution is 2.29. The molecule has 2 aromatic carbocycles. The predicted molar refractivity (Wildman–Crippen MR) is 138 cm³/mol. The molecular formula is C24H31N5S2. The maximum Gasteiger partial charge on any atom is 0.170 e. The van der Waals surface area contributed by atoms with Gasteiger partial charge in [-0.05, 0) is 66.4 Å². The van der Waals surface area contributed by atoms with Gasteiger partial charge in [-0.2, -0.15) is 4.37 Å². The van der Waals surface area contributed by atoms with Crippen LogP contribution in [0.4, 0.5) is 11.5 Å². The van der Waals surface area contributed by atoms with Crippen molar-refractivity contribution in [2.24, 2.45) is 0 Å². The predicted octanol–water partition coefficient (Wildman–Crippen LogP) is 4.75. The first-order chi connectivity index (χ1) is 15.2. The van der Waals surface area contributed by atoms with Crippen molar-refractivity contribution in [3.63, 3.8) is 0 Å². The summed E-state index contributed by atoms with van der Waals surface area (Å²) >= 11 is 6.95. The number of thiocarbonyl (C=S) groups is 1. The normalized spacial score (nSPS) is 14.7. The zero-order valence-corrected chi connectivity index (χ0v) is 19.8. The lowest BCUT2D eigenvalue weighted by molar-refractivity contribution is 0.261. The van der Waals surface area contributed by atoms with Crippen LogP contribution in [0.15, 0.2) is 48.5 Å². The third kappa shape index (κ3) is 5.93. The molecule has 1 aliphatic heterocycles. The Morgan fingerprint density at radius 3 is 2.61 bits per heavy atom. The highest BCUT2D eigenvalue weighted by Gasteiger charge is 2.20. The second-order valence-corrected chi connectivity index (χ2v) is 9.23.